The molecule has 0 aromatic heterocycles. The predicted octanol–water partition coefficient (Wildman–Crippen LogP) is 3.83. The van der Waals surface area contributed by atoms with Crippen LogP contribution in [0.3, 0.4) is 0 Å². The van der Waals surface area contributed by atoms with Crippen LogP contribution in [0, 0.1) is 0 Å². The van der Waals surface area contributed by atoms with Crippen molar-refractivity contribution in [2.45, 2.75) is 59.3 Å². The lowest BCUT2D eigenvalue weighted by atomic mass is 10.0. The zero-order chi connectivity index (χ0) is 10.8. The van der Waals surface area contributed by atoms with Gasteiger partial charge >= 0.3 is 0 Å². The predicted molar refractivity (Wildman–Crippen MR) is 62.3 cm³/mol. The second-order valence-corrected chi connectivity index (χ2v) is 3.87. The Kier molecular flexibility index (Phi) is 8.72. The van der Waals surface area contributed by atoms with Crippen LogP contribution in [-0.2, 0) is 0 Å². The van der Waals surface area contributed by atoms with Crippen LogP contribution in [-0.4, -0.2) is 11.7 Å². The minimum Gasteiger partial charge on any atom is -0.391 e. The molecule has 0 aromatic rings. The van der Waals surface area contributed by atoms with Crippen molar-refractivity contribution in [2.24, 2.45) is 0 Å². The van der Waals surface area contributed by atoms with Crippen LogP contribution in [0.4, 0.5) is 0 Å². The first-order chi connectivity index (χ1) is 6.74. The van der Waals surface area contributed by atoms with E-state index in [2.05, 4.69) is 19.6 Å². The van der Waals surface area contributed by atoms with E-state index in [0.29, 0.717) is 0 Å². The highest BCUT2D eigenvalue weighted by atomic mass is 16.3. The van der Waals surface area contributed by atoms with Crippen LogP contribution in [0.2, 0.25) is 0 Å². The van der Waals surface area contributed by atoms with Crippen LogP contribution >= 0.6 is 0 Å². The van der Waals surface area contributed by atoms with E-state index in [1.54, 1.807) is 0 Å². The van der Waals surface area contributed by atoms with E-state index < -0.39 is 0 Å². The van der Waals surface area contributed by atoms with Crippen LogP contribution in [0.5, 0.6) is 0 Å². The summed E-state index contributed by atoms with van der Waals surface area (Å²) in [6.45, 7) is 6.50. The second kappa shape index (κ2) is 9.05. The van der Waals surface area contributed by atoms with Gasteiger partial charge in [-0.25, -0.2) is 0 Å². The number of aliphatic hydroxyl groups is 1. The Morgan fingerprint density at radius 1 is 1.07 bits per heavy atom. The van der Waals surface area contributed by atoms with Gasteiger partial charge in [0.2, 0.25) is 0 Å². The summed E-state index contributed by atoms with van der Waals surface area (Å²) in [4.78, 5) is 0. The standard InChI is InChI=1S/C13H24O/c1-4-6-8-13(9-7-5-2)10-12(3)11-14/h14H,4-9,11H2,1-3H3. The Bertz CT molecular complexity index is 187. The van der Waals surface area contributed by atoms with E-state index in [1.807, 2.05) is 6.92 Å². The molecular weight excluding hydrogens is 172 g/mol. The molecule has 0 fully saturated rings. The summed E-state index contributed by atoms with van der Waals surface area (Å²) in [6, 6.07) is 0. The largest absolute Gasteiger partial charge is 0.391 e. The Labute approximate surface area is 88.5 Å². The number of aliphatic hydroxyl groups excluding tert-OH is 1. The van der Waals surface area contributed by atoms with Crippen LogP contribution in [0.25, 0.3) is 0 Å². The van der Waals surface area contributed by atoms with Crippen LogP contribution in [0.15, 0.2) is 16.9 Å². The molecule has 0 aliphatic carbocycles. The van der Waals surface area contributed by atoms with Crippen molar-refractivity contribution in [3.05, 3.63) is 16.9 Å². The first-order valence-electron chi connectivity index (χ1n) is 5.79. The molecule has 0 saturated carbocycles. The maximum atomic E-state index is 8.92. The van der Waals surface area contributed by atoms with Crippen molar-refractivity contribution in [1.82, 2.24) is 0 Å². The highest BCUT2D eigenvalue weighted by molar-refractivity contribution is 5.08. The molecule has 0 heterocycles. The van der Waals surface area contributed by atoms with E-state index in [4.69, 9.17) is 5.11 Å². The number of hydrogen-bond acceptors (Lipinski definition) is 1. The van der Waals surface area contributed by atoms with Gasteiger partial charge in [0.25, 0.3) is 0 Å². The summed E-state index contributed by atoms with van der Waals surface area (Å²) in [5, 5.41) is 8.92. The molecular formula is C13H24O. The van der Waals surface area contributed by atoms with Crippen molar-refractivity contribution in [1.29, 1.82) is 0 Å². The zero-order valence-corrected chi connectivity index (χ0v) is 9.90. The smallest absolute Gasteiger partial charge is 0.0713 e. The van der Waals surface area contributed by atoms with Gasteiger partial charge in [-0.2, -0.15) is 0 Å². The molecule has 0 radical (unpaired) electrons. The number of rotatable bonds is 7. The molecule has 0 aliphatic rings. The van der Waals surface area contributed by atoms with Gasteiger partial charge in [0.05, 0.1) is 6.61 Å². The van der Waals surface area contributed by atoms with E-state index in [0.717, 1.165) is 18.4 Å². The summed E-state index contributed by atoms with van der Waals surface area (Å²) in [7, 11) is 0. The zero-order valence-electron chi connectivity index (χ0n) is 9.90. The summed E-state index contributed by atoms with van der Waals surface area (Å²) < 4.78 is 0. The fraction of sp³-hybridized carbons (Fsp3) is 0.769. The Balaban J connectivity index is 4.29. The summed E-state index contributed by atoms with van der Waals surface area (Å²) in [6.07, 6.45) is 7.24. The lowest BCUT2D eigenvalue weighted by Crippen LogP contribution is -1.87. The van der Waals surface area contributed by atoms with Gasteiger partial charge < -0.3 is 5.11 Å². The molecule has 0 aromatic carbocycles. The molecule has 0 saturated heterocycles. The molecule has 1 N–H and O–H groups in total. The van der Waals surface area contributed by atoms with Crippen molar-refractivity contribution in [3.63, 3.8) is 0 Å². The Morgan fingerprint density at radius 2 is 1.57 bits per heavy atom. The molecule has 1 heteroatoms. The van der Waals surface area contributed by atoms with Crippen molar-refractivity contribution < 1.29 is 5.11 Å². The quantitative estimate of drug-likeness (QED) is 0.613. The molecule has 1 nitrogen and oxygen atoms in total. The van der Waals surface area contributed by atoms with Gasteiger partial charge in [-0.05, 0) is 43.8 Å². The van der Waals surface area contributed by atoms with Gasteiger partial charge in [0, 0.05) is 0 Å². The first-order valence-corrected chi connectivity index (χ1v) is 5.79. The average Bonchev–Trinajstić information content (AvgIpc) is 2.21. The number of unbranched alkanes of at least 4 members (excludes halogenated alkanes) is 2. The van der Waals surface area contributed by atoms with Crippen LogP contribution in [0.1, 0.15) is 59.3 Å². The van der Waals surface area contributed by atoms with Gasteiger partial charge in [-0.15, -0.1) is 5.73 Å². The Morgan fingerprint density at radius 3 is 1.93 bits per heavy atom. The summed E-state index contributed by atoms with van der Waals surface area (Å²) >= 11 is 0. The van der Waals surface area contributed by atoms with Crippen LogP contribution < -0.4 is 0 Å². The lowest BCUT2D eigenvalue weighted by molar-refractivity contribution is 0.331. The van der Waals surface area contributed by atoms with E-state index in [9.17, 15) is 0 Å². The van der Waals surface area contributed by atoms with E-state index in [-0.39, 0.29) is 6.61 Å². The minimum absolute atomic E-state index is 0.141. The molecule has 14 heavy (non-hydrogen) atoms. The molecule has 0 bridgehead atoms. The molecule has 82 valence electrons. The highest BCUT2D eigenvalue weighted by Gasteiger charge is 1.96. The SMILES string of the molecule is CCCCC(=C=C(C)CO)CCCC. The van der Waals surface area contributed by atoms with Gasteiger partial charge in [-0.3, -0.25) is 0 Å². The molecule has 0 aliphatic heterocycles. The van der Waals surface area contributed by atoms with Gasteiger partial charge in [0.15, 0.2) is 0 Å². The van der Waals surface area contributed by atoms with Crippen molar-refractivity contribution in [3.8, 4) is 0 Å². The summed E-state index contributed by atoms with van der Waals surface area (Å²) in [5.41, 5.74) is 5.67. The van der Waals surface area contributed by atoms with E-state index in [1.165, 1.54) is 31.3 Å². The van der Waals surface area contributed by atoms with Crippen molar-refractivity contribution in [2.75, 3.05) is 6.61 Å². The molecule has 0 amide bonds. The third-order valence-electron chi connectivity index (χ3n) is 2.29. The molecule has 0 atom stereocenters. The third kappa shape index (κ3) is 6.94. The monoisotopic (exact) mass is 196 g/mol. The maximum absolute atomic E-state index is 8.92. The maximum Gasteiger partial charge on any atom is 0.0713 e. The average molecular weight is 196 g/mol. The molecule has 0 rings (SSSR count). The third-order valence-corrected chi connectivity index (χ3v) is 2.29. The van der Waals surface area contributed by atoms with Gasteiger partial charge in [0.1, 0.15) is 0 Å². The summed E-state index contributed by atoms with van der Waals surface area (Å²) in [5.74, 6) is 0. The topological polar surface area (TPSA) is 20.2 Å². The lowest BCUT2D eigenvalue weighted by Gasteiger charge is -2.03. The number of hydrogen-bond donors (Lipinski definition) is 1. The molecule has 0 spiro atoms. The second-order valence-electron chi connectivity index (χ2n) is 3.87. The van der Waals surface area contributed by atoms with Crippen molar-refractivity contribution >= 4 is 0 Å². The first kappa shape index (κ1) is 13.5. The minimum atomic E-state index is 0.141. The normalized spacial score (nSPS) is 9.71. The fourth-order valence-electron chi connectivity index (χ4n) is 1.37. The highest BCUT2D eigenvalue weighted by Crippen LogP contribution is 2.14. The fourth-order valence-corrected chi connectivity index (χ4v) is 1.37. The Hall–Kier alpha value is -0.520. The van der Waals surface area contributed by atoms with Gasteiger partial charge in [-0.1, -0.05) is 26.7 Å². The van der Waals surface area contributed by atoms with E-state index >= 15 is 0 Å². The molecule has 0 unspecified atom stereocenters.